The monoisotopic (exact) mass is 238 g/mol. The van der Waals surface area contributed by atoms with Gasteiger partial charge in [-0.05, 0) is 38.3 Å². The van der Waals surface area contributed by atoms with Crippen molar-refractivity contribution < 1.29 is 9.59 Å². The van der Waals surface area contributed by atoms with Crippen LogP contribution in [0.25, 0.3) is 0 Å². The first-order valence-corrected chi connectivity index (χ1v) is 6.56. The molecular weight excluding hydrogens is 216 g/mol. The summed E-state index contributed by atoms with van der Waals surface area (Å²) in [4.78, 5) is 25.2. The molecule has 2 fully saturated rings. The summed E-state index contributed by atoms with van der Waals surface area (Å²) in [6.45, 7) is 6.45. The number of nitrogens with zero attached hydrogens (tertiary/aromatic N) is 1. The summed E-state index contributed by atoms with van der Waals surface area (Å²) in [6.07, 6.45) is 3.74. The summed E-state index contributed by atoms with van der Waals surface area (Å²) in [7, 11) is 0. The summed E-state index contributed by atoms with van der Waals surface area (Å²) < 4.78 is 0. The van der Waals surface area contributed by atoms with E-state index in [1.54, 1.807) is 0 Å². The molecule has 2 rings (SSSR count). The van der Waals surface area contributed by atoms with Crippen molar-refractivity contribution in [3.05, 3.63) is 0 Å². The second-order valence-electron chi connectivity index (χ2n) is 5.91. The zero-order valence-corrected chi connectivity index (χ0v) is 10.8. The maximum atomic E-state index is 12.0. The van der Waals surface area contributed by atoms with Gasteiger partial charge in [0.05, 0.1) is 5.41 Å². The van der Waals surface area contributed by atoms with E-state index in [2.05, 4.69) is 5.32 Å². The summed E-state index contributed by atoms with van der Waals surface area (Å²) >= 11 is 0. The first-order chi connectivity index (χ1) is 8.00. The quantitative estimate of drug-likeness (QED) is 0.751. The van der Waals surface area contributed by atoms with Crippen LogP contribution in [0.15, 0.2) is 0 Å². The highest BCUT2D eigenvalue weighted by Crippen LogP contribution is 2.32. The highest BCUT2D eigenvalue weighted by molar-refractivity contribution is 6.05. The second kappa shape index (κ2) is 4.77. The lowest BCUT2D eigenvalue weighted by molar-refractivity contribution is -0.141. The number of imide groups is 1. The third kappa shape index (κ3) is 2.68. The number of amides is 2. The van der Waals surface area contributed by atoms with Crippen LogP contribution in [0.5, 0.6) is 0 Å². The predicted octanol–water partition coefficient (Wildman–Crippen LogP) is 1.16. The molecule has 2 aliphatic heterocycles. The molecule has 2 aliphatic rings. The van der Waals surface area contributed by atoms with Gasteiger partial charge in [-0.25, -0.2) is 0 Å². The van der Waals surface area contributed by atoms with Crippen LogP contribution in [0.1, 0.15) is 39.5 Å². The van der Waals surface area contributed by atoms with E-state index in [0.29, 0.717) is 18.9 Å². The van der Waals surface area contributed by atoms with Gasteiger partial charge in [0.25, 0.3) is 0 Å². The SMILES string of the molecule is CC1(C)CC(=O)N(CCC2CCCNC2)C1=O. The van der Waals surface area contributed by atoms with Crippen molar-refractivity contribution in [2.75, 3.05) is 19.6 Å². The van der Waals surface area contributed by atoms with Crippen molar-refractivity contribution in [2.45, 2.75) is 39.5 Å². The van der Waals surface area contributed by atoms with Crippen LogP contribution in [0.3, 0.4) is 0 Å². The Hall–Kier alpha value is -0.900. The van der Waals surface area contributed by atoms with Gasteiger partial charge in [0.15, 0.2) is 0 Å². The molecule has 0 aromatic carbocycles. The summed E-state index contributed by atoms with van der Waals surface area (Å²) in [5, 5.41) is 3.36. The van der Waals surface area contributed by atoms with E-state index in [0.717, 1.165) is 19.5 Å². The lowest BCUT2D eigenvalue weighted by Gasteiger charge is -2.25. The molecule has 1 unspecified atom stereocenters. The number of hydrogen-bond donors (Lipinski definition) is 1. The van der Waals surface area contributed by atoms with Crippen LogP contribution >= 0.6 is 0 Å². The van der Waals surface area contributed by atoms with Gasteiger partial charge < -0.3 is 5.32 Å². The van der Waals surface area contributed by atoms with Gasteiger partial charge in [-0.1, -0.05) is 13.8 Å². The molecule has 0 aliphatic carbocycles. The minimum atomic E-state index is -0.484. The van der Waals surface area contributed by atoms with Crippen LogP contribution in [-0.2, 0) is 9.59 Å². The van der Waals surface area contributed by atoms with Gasteiger partial charge in [-0.15, -0.1) is 0 Å². The largest absolute Gasteiger partial charge is 0.316 e. The maximum Gasteiger partial charge on any atom is 0.235 e. The molecule has 1 atom stereocenters. The number of likely N-dealkylation sites (tertiary alicyclic amines) is 1. The van der Waals surface area contributed by atoms with E-state index in [1.165, 1.54) is 17.7 Å². The van der Waals surface area contributed by atoms with E-state index in [-0.39, 0.29) is 11.8 Å². The maximum absolute atomic E-state index is 12.0. The third-order valence-electron chi connectivity index (χ3n) is 3.88. The molecule has 17 heavy (non-hydrogen) atoms. The van der Waals surface area contributed by atoms with Crippen molar-refractivity contribution in [2.24, 2.45) is 11.3 Å². The smallest absolute Gasteiger partial charge is 0.235 e. The highest BCUT2D eigenvalue weighted by Gasteiger charge is 2.44. The van der Waals surface area contributed by atoms with Crippen LogP contribution < -0.4 is 5.32 Å². The molecule has 0 aromatic rings. The first-order valence-electron chi connectivity index (χ1n) is 6.56. The molecule has 2 amide bonds. The molecule has 1 N–H and O–H groups in total. The fourth-order valence-corrected chi connectivity index (χ4v) is 2.74. The molecule has 2 saturated heterocycles. The van der Waals surface area contributed by atoms with E-state index < -0.39 is 5.41 Å². The number of carbonyl (C=O) groups is 2. The average molecular weight is 238 g/mol. The van der Waals surface area contributed by atoms with E-state index in [4.69, 9.17) is 0 Å². The van der Waals surface area contributed by atoms with Gasteiger partial charge >= 0.3 is 0 Å². The van der Waals surface area contributed by atoms with Gasteiger partial charge in [-0.2, -0.15) is 0 Å². The van der Waals surface area contributed by atoms with Crippen LogP contribution in [0.2, 0.25) is 0 Å². The highest BCUT2D eigenvalue weighted by atomic mass is 16.2. The molecule has 96 valence electrons. The van der Waals surface area contributed by atoms with Crippen molar-refractivity contribution in [3.8, 4) is 0 Å². The summed E-state index contributed by atoms with van der Waals surface area (Å²) in [5.74, 6) is 0.628. The topological polar surface area (TPSA) is 49.4 Å². The Morgan fingerprint density at radius 3 is 2.71 bits per heavy atom. The molecule has 4 heteroatoms. The first kappa shape index (κ1) is 12.6. The minimum Gasteiger partial charge on any atom is -0.316 e. The van der Waals surface area contributed by atoms with Crippen LogP contribution in [-0.4, -0.2) is 36.3 Å². The van der Waals surface area contributed by atoms with Crippen LogP contribution in [0.4, 0.5) is 0 Å². The Bertz CT molecular complexity index is 319. The second-order valence-corrected chi connectivity index (χ2v) is 5.91. The van der Waals surface area contributed by atoms with E-state index in [9.17, 15) is 9.59 Å². The van der Waals surface area contributed by atoms with Gasteiger partial charge in [0.1, 0.15) is 0 Å². The molecule has 4 nitrogen and oxygen atoms in total. The molecule has 0 aromatic heterocycles. The van der Waals surface area contributed by atoms with Gasteiger partial charge in [0, 0.05) is 13.0 Å². The van der Waals surface area contributed by atoms with Crippen molar-refractivity contribution in [3.63, 3.8) is 0 Å². The van der Waals surface area contributed by atoms with Crippen molar-refractivity contribution >= 4 is 11.8 Å². The van der Waals surface area contributed by atoms with Gasteiger partial charge in [-0.3, -0.25) is 14.5 Å². The van der Waals surface area contributed by atoms with Crippen molar-refractivity contribution in [1.29, 1.82) is 0 Å². The molecule has 0 saturated carbocycles. The Balaban J connectivity index is 1.86. The molecule has 0 radical (unpaired) electrons. The zero-order valence-electron chi connectivity index (χ0n) is 10.8. The zero-order chi connectivity index (χ0) is 12.5. The molecule has 0 spiro atoms. The minimum absolute atomic E-state index is 0.00349. The normalized spacial score (nSPS) is 28.8. The Morgan fingerprint density at radius 1 is 1.41 bits per heavy atom. The van der Waals surface area contributed by atoms with Gasteiger partial charge in [0.2, 0.25) is 11.8 Å². The van der Waals surface area contributed by atoms with Crippen LogP contribution in [0, 0.1) is 11.3 Å². The predicted molar refractivity (Wildman–Crippen MR) is 65.3 cm³/mol. The Labute approximate surface area is 103 Å². The number of piperidine rings is 1. The molecular formula is C13H22N2O2. The summed E-state index contributed by atoms with van der Waals surface area (Å²) in [5.41, 5.74) is -0.484. The lowest BCUT2D eigenvalue weighted by atomic mass is 9.92. The lowest BCUT2D eigenvalue weighted by Crippen LogP contribution is -2.37. The van der Waals surface area contributed by atoms with Crippen molar-refractivity contribution in [1.82, 2.24) is 10.2 Å². The fourth-order valence-electron chi connectivity index (χ4n) is 2.74. The number of rotatable bonds is 3. The number of nitrogens with one attached hydrogen (secondary N) is 1. The van der Waals surface area contributed by atoms with E-state index in [1.807, 2.05) is 13.8 Å². The Morgan fingerprint density at radius 2 is 2.18 bits per heavy atom. The number of hydrogen-bond acceptors (Lipinski definition) is 3. The standard InChI is InChI=1S/C13H22N2O2/c1-13(2)8-11(16)15(12(13)17)7-5-10-4-3-6-14-9-10/h10,14H,3-9H2,1-2H3. The summed E-state index contributed by atoms with van der Waals surface area (Å²) in [6, 6.07) is 0. The van der Waals surface area contributed by atoms with E-state index >= 15 is 0 Å². The number of carbonyl (C=O) groups excluding carboxylic acids is 2. The third-order valence-corrected chi connectivity index (χ3v) is 3.88. The fraction of sp³-hybridized carbons (Fsp3) is 0.846. The molecule has 2 heterocycles. The average Bonchev–Trinajstić information content (AvgIpc) is 2.48. The molecule has 0 bridgehead atoms. The Kier molecular flexibility index (Phi) is 3.52.